The number of hydrazine groups is 1. The summed E-state index contributed by atoms with van der Waals surface area (Å²) in [5.41, 5.74) is 4.94. The zero-order valence-electron chi connectivity index (χ0n) is 16.1. The van der Waals surface area contributed by atoms with Gasteiger partial charge < -0.3 is 0 Å². The number of nitrogens with one attached hydrogen (secondary N) is 2. The average molecular weight is 382 g/mol. The Bertz CT molecular complexity index is 968. The molecule has 7 heteroatoms. The molecule has 4 rings (SSSR count). The van der Waals surface area contributed by atoms with E-state index < -0.39 is 5.91 Å². The zero-order chi connectivity index (χ0) is 19.7. The van der Waals surface area contributed by atoms with Gasteiger partial charge in [0.15, 0.2) is 5.69 Å². The van der Waals surface area contributed by atoms with Gasteiger partial charge in [0.05, 0.1) is 5.39 Å². The van der Waals surface area contributed by atoms with Crippen LogP contribution in [0.1, 0.15) is 55.9 Å². The third-order valence-corrected chi connectivity index (χ3v) is 6.17. The van der Waals surface area contributed by atoms with Gasteiger partial charge in [-0.05, 0) is 49.5 Å². The van der Waals surface area contributed by atoms with Crippen LogP contribution in [0.2, 0.25) is 0 Å². The van der Waals surface area contributed by atoms with Crippen LogP contribution >= 0.6 is 0 Å². The highest BCUT2D eigenvalue weighted by Crippen LogP contribution is 2.49. The average Bonchev–Trinajstić information content (AvgIpc) is 3.31. The van der Waals surface area contributed by atoms with Crippen LogP contribution in [-0.2, 0) is 11.3 Å². The van der Waals surface area contributed by atoms with Gasteiger partial charge in [-0.3, -0.25) is 25.2 Å². The molecule has 2 aromatic rings. The monoisotopic (exact) mass is 382 g/mol. The molecule has 148 valence electrons. The highest BCUT2D eigenvalue weighted by molar-refractivity contribution is 6.05. The summed E-state index contributed by atoms with van der Waals surface area (Å²) >= 11 is 0. The maximum atomic E-state index is 12.7. The minimum atomic E-state index is -0.512. The van der Waals surface area contributed by atoms with Crippen LogP contribution in [0.15, 0.2) is 29.1 Å². The number of benzene rings is 1. The number of aryl methyl sites for hydroxylation is 1. The van der Waals surface area contributed by atoms with Gasteiger partial charge in [-0.25, -0.2) is 4.68 Å². The number of nitrogens with zero attached hydrogens (tertiary/aromatic N) is 2. The summed E-state index contributed by atoms with van der Waals surface area (Å²) in [6.45, 7) is 2.37. The molecule has 1 heterocycles. The van der Waals surface area contributed by atoms with Crippen LogP contribution in [0, 0.1) is 17.8 Å². The molecule has 28 heavy (non-hydrogen) atoms. The molecule has 2 fully saturated rings. The van der Waals surface area contributed by atoms with Crippen LogP contribution < -0.4 is 16.4 Å². The van der Waals surface area contributed by atoms with E-state index >= 15 is 0 Å². The summed E-state index contributed by atoms with van der Waals surface area (Å²) < 4.78 is 1.31. The predicted octanol–water partition coefficient (Wildman–Crippen LogP) is 2.39. The van der Waals surface area contributed by atoms with E-state index in [1.807, 2.05) is 6.92 Å². The van der Waals surface area contributed by atoms with Gasteiger partial charge in [0, 0.05) is 18.4 Å². The minimum absolute atomic E-state index is 0.142. The van der Waals surface area contributed by atoms with Gasteiger partial charge in [0.25, 0.3) is 11.5 Å². The second-order valence-electron chi connectivity index (χ2n) is 8.06. The Morgan fingerprint density at radius 3 is 2.61 bits per heavy atom. The molecule has 7 nitrogen and oxygen atoms in total. The van der Waals surface area contributed by atoms with Crippen molar-refractivity contribution >= 4 is 22.6 Å². The van der Waals surface area contributed by atoms with Gasteiger partial charge in [-0.2, -0.15) is 5.10 Å². The number of carbonyl (C=O) groups is 2. The molecule has 0 saturated heterocycles. The van der Waals surface area contributed by atoms with Crippen molar-refractivity contribution in [3.05, 3.63) is 40.3 Å². The molecule has 2 aliphatic rings. The summed E-state index contributed by atoms with van der Waals surface area (Å²) in [7, 11) is 0. The van der Waals surface area contributed by atoms with Crippen LogP contribution in [0.4, 0.5) is 0 Å². The van der Waals surface area contributed by atoms with Crippen molar-refractivity contribution in [1.29, 1.82) is 0 Å². The number of carbonyl (C=O) groups excluding carboxylic acids is 2. The van der Waals surface area contributed by atoms with Gasteiger partial charge in [-0.15, -0.1) is 0 Å². The maximum Gasteiger partial charge on any atom is 0.290 e. The summed E-state index contributed by atoms with van der Waals surface area (Å²) in [5.74, 6) is 1.20. The van der Waals surface area contributed by atoms with E-state index in [1.165, 1.54) is 23.9 Å². The second-order valence-corrected chi connectivity index (χ2v) is 8.06. The Kier molecular flexibility index (Phi) is 5.15. The SMILES string of the molecule is CCCn1nc(C(=O)NNC(=O)CC2CC3CCC2C3)c2ccccc2c1=O. The summed E-state index contributed by atoms with van der Waals surface area (Å²) in [4.78, 5) is 37.5. The standard InChI is InChI=1S/C21H26N4O3/c1-2-9-25-21(28)17-6-4-3-5-16(17)19(24-25)20(27)23-22-18(26)12-15-11-13-7-8-14(15)10-13/h3-6,13-15H,2,7-12H2,1H3,(H,22,26)(H,23,27). The van der Waals surface area contributed by atoms with Crippen molar-refractivity contribution < 1.29 is 9.59 Å². The van der Waals surface area contributed by atoms with Crippen molar-refractivity contribution in [1.82, 2.24) is 20.6 Å². The van der Waals surface area contributed by atoms with E-state index in [9.17, 15) is 14.4 Å². The predicted molar refractivity (Wildman–Crippen MR) is 105 cm³/mol. The van der Waals surface area contributed by atoms with Crippen molar-refractivity contribution in [2.45, 2.75) is 52.0 Å². The lowest BCUT2D eigenvalue weighted by Gasteiger charge is -2.21. The lowest BCUT2D eigenvalue weighted by molar-refractivity contribution is -0.123. The molecular weight excluding hydrogens is 356 g/mol. The Morgan fingerprint density at radius 2 is 1.93 bits per heavy atom. The number of rotatable bonds is 5. The third-order valence-electron chi connectivity index (χ3n) is 6.17. The normalized spacial score (nSPS) is 23.1. The van der Waals surface area contributed by atoms with Crippen molar-refractivity contribution in [2.24, 2.45) is 17.8 Å². The molecule has 2 aliphatic carbocycles. The molecule has 2 N–H and O–H groups in total. The highest BCUT2D eigenvalue weighted by Gasteiger charge is 2.40. The highest BCUT2D eigenvalue weighted by atomic mass is 16.2. The molecule has 0 radical (unpaired) electrons. The van der Waals surface area contributed by atoms with Gasteiger partial charge in [0.2, 0.25) is 5.91 Å². The molecule has 3 atom stereocenters. The number of hydrogen-bond acceptors (Lipinski definition) is 4. The lowest BCUT2D eigenvalue weighted by atomic mass is 9.86. The molecule has 2 saturated carbocycles. The molecule has 1 aromatic heterocycles. The molecule has 2 bridgehead atoms. The molecule has 1 aromatic carbocycles. The van der Waals surface area contributed by atoms with Crippen molar-refractivity contribution in [2.75, 3.05) is 0 Å². The molecular formula is C21H26N4O3. The number of hydrogen-bond donors (Lipinski definition) is 2. The fraction of sp³-hybridized carbons (Fsp3) is 0.524. The largest absolute Gasteiger partial charge is 0.290 e. The van der Waals surface area contributed by atoms with E-state index in [2.05, 4.69) is 16.0 Å². The van der Waals surface area contributed by atoms with E-state index in [0.29, 0.717) is 35.6 Å². The second kappa shape index (κ2) is 7.73. The first-order chi connectivity index (χ1) is 13.6. The van der Waals surface area contributed by atoms with E-state index in [-0.39, 0.29) is 17.2 Å². The maximum absolute atomic E-state index is 12.7. The Hall–Kier alpha value is -2.70. The topological polar surface area (TPSA) is 93.1 Å². The van der Waals surface area contributed by atoms with E-state index in [4.69, 9.17) is 0 Å². The van der Waals surface area contributed by atoms with Gasteiger partial charge in [0.1, 0.15) is 0 Å². The van der Waals surface area contributed by atoms with E-state index in [1.54, 1.807) is 24.3 Å². The quantitative estimate of drug-likeness (QED) is 0.777. The number of amides is 2. The Balaban J connectivity index is 1.47. The first kappa shape index (κ1) is 18.7. The Morgan fingerprint density at radius 1 is 1.14 bits per heavy atom. The van der Waals surface area contributed by atoms with Crippen LogP contribution in [0.3, 0.4) is 0 Å². The summed E-state index contributed by atoms with van der Waals surface area (Å²) in [6, 6.07) is 6.92. The number of fused-ring (bicyclic) bond motifs is 3. The third kappa shape index (κ3) is 3.53. The number of aromatic nitrogens is 2. The molecule has 0 spiro atoms. The van der Waals surface area contributed by atoms with Crippen molar-refractivity contribution in [3.63, 3.8) is 0 Å². The first-order valence-corrected chi connectivity index (χ1v) is 10.2. The molecule has 3 unspecified atom stereocenters. The first-order valence-electron chi connectivity index (χ1n) is 10.2. The lowest BCUT2D eigenvalue weighted by Crippen LogP contribution is -2.43. The van der Waals surface area contributed by atoms with Crippen molar-refractivity contribution in [3.8, 4) is 0 Å². The summed E-state index contributed by atoms with van der Waals surface area (Å²) in [5, 5.41) is 5.18. The van der Waals surface area contributed by atoms with Crippen LogP contribution in [-0.4, -0.2) is 21.6 Å². The van der Waals surface area contributed by atoms with E-state index in [0.717, 1.165) is 18.8 Å². The fourth-order valence-corrected chi connectivity index (χ4v) is 4.87. The van der Waals surface area contributed by atoms with Gasteiger partial charge >= 0.3 is 0 Å². The van der Waals surface area contributed by atoms with Crippen LogP contribution in [0.25, 0.3) is 10.8 Å². The minimum Gasteiger partial charge on any atom is -0.273 e. The Labute approximate surface area is 163 Å². The molecule has 2 amide bonds. The summed E-state index contributed by atoms with van der Waals surface area (Å²) in [6.07, 6.45) is 6.08. The fourth-order valence-electron chi connectivity index (χ4n) is 4.87. The van der Waals surface area contributed by atoms with Gasteiger partial charge in [-0.1, -0.05) is 31.5 Å². The smallest absolute Gasteiger partial charge is 0.273 e. The zero-order valence-corrected chi connectivity index (χ0v) is 16.1. The molecule has 0 aliphatic heterocycles. The van der Waals surface area contributed by atoms with Crippen LogP contribution in [0.5, 0.6) is 0 Å².